The Kier molecular flexibility index (Phi) is 3.80. The highest BCUT2D eigenvalue weighted by Gasteiger charge is 2.18. The molecule has 0 spiro atoms. The number of ether oxygens (including phenoxy) is 1. The van der Waals surface area contributed by atoms with E-state index in [1.165, 1.54) is 42.5 Å². The number of nitrogens with one attached hydrogen (secondary N) is 1. The molecule has 2 aromatic heterocycles. The highest BCUT2D eigenvalue weighted by molar-refractivity contribution is 7.22. The van der Waals surface area contributed by atoms with Crippen LogP contribution in [0, 0.1) is 0 Å². The Balaban J connectivity index is 2.52. The quantitative estimate of drug-likeness (QED) is 0.655. The van der Waals surface area contributed by atoms with Crippen molar-refractivity contribution < 1.29 is 18.7 Å². The molecule has 0 saturated heterocycles. The monoisotopic (exact) mass is 292 g/mol. The number of amides is 2. The van der Waals surface area contributed by atoms with Crippen LogP contribution in [0.15, 0.2) is 21.3 Å². The zero-order valence-electron chi connectivity index (χ0n) is 10.6. The molecule has 2 amide bonds. The van der Waals surface area contributed by atoms with Crippen molar-refractivity contribution in [2.45, 2.75) is 0 Å². The van der Waals surface area contributed by atoms with Crippen molar-refractivity contribution in [1.29, 1.82) is 0 Å². The lowest BCUT2D eigenvalue weighted by Crippen LogP contribution is -2.35. The molecule has 7 nitrogen and oxygen atoms in total. The fraction of sp³-hybridized carbons (Fsp3) is 0.182. The second-order valence-corrected chi connectivity index (χ2v) is 4.82. The van der Waals surface area contributed by atoms with Gasteiger partial charge in [-0.2, -0.15) is 0 Å². The van der Waals surface area contributed by atoms with Gasteiger partial charge in [0.2, 0.25) is 7.98 Å². The van der Waals surface area contributed by atoms with Crippen molar-refractivity contribution in [2.75, 3.05) is 19.1 Å². The minimum Gasteiger partial charge on any atom is -0.465 e. The Bertz CT molecular complexity index is 738. The standard InChI is InChI=1S/C11H9BN2O5S/c1-14(11(17)13-12)8-4-6-7(20-8)3-5(9(15)18-2)10(16)19-6/h3-4H,1-2H3,(H,13,17). The molecule has 1 N–H and O–H groups in total. The van der Waals surface area contributed by atoms with Gasteiger partial charge in [-0.3, -0.25) is 4.90 Å². The summed E-state index contributed by atoms with van der Waals surface area (Å²) < 4.78 is 10.1. The smallest absolute Gasteiger partial charge is 0.351 e. The molecule has 20 heavy (non-hydrogen) atoms. The molecule has 2 rings (SSSR count). The fourth-order valence-electron chi connectivity index (χ4n) is 1.52. The van der Waals surface area contributed by atoms with Crippen LogP contribution in [0.3, 0.4) is 0 Å². The van der Waals surface area contributed by atoms with E-state index < -0.39 is 17.6 Å². The normalized spacial score (nSPS) is 10.3. The molecule has 102 valence electrons. The van der Waals surface area contributed by atoms with Crippen LogP contribution in [0.5, 0.6) is 0 Å². The van der Waals surface area contributed by atoms with Gasteiger partial charge < -0.3 is 14.4 Å². The zero-order chi connectivity index (χ0) is 14.9. The highest BCUT2D eigenvalue weighted by Crippen LogP contribution is 2.31. The summed E-state index contributed by atoms with van der Waals surface area (Å²) in [6, 6.07) is 2.36. The molecule has 0 aliphatic carbocycles. The molecule has 0 aliphatic heterocycles. The van der Waals surface area contributed by atoms with Gasteiger partial charge in [0.05, 0.1) is 11.8 Å². The summed E-state index contributed by atoms with van der Waals surface area (Å²) >= 11 is 1.17. The van der Waals surface area contributed by atoms with Crippen LogP contribution in [0.2, 0.25) is 0 Å². The average molecular weight is 292 g/mol. The second-order valence-electron chi connectivity index (χ2n) is 3.76. The average Bonchev–Trinajstić information content (AvgIpc) is 2.86. The van der Waals surface area contributed by atoms with Crippen LogP contribution in [0.1, 0.15) is 10.4 Å². The molecule has 0 saturated carbocycles. The molecule has 0 fully saturated rings. The summed E-state index contributed by atoms with van der Waals surface area (Å²) in [4.78, 5) is 35.7. The predicted octanol–water partition coefficient (Wildman–Crippen LogP) is 0.870. The molecule has 0 aromatic carbocycles. The summed E-state index contributed by atoms with van der Waals surface area (Å²) in [5.41, 5.74) is -0.710. The number of thiophene rings is 1. The molecule has 0 aliphatic rings. The third kappa shape index (κ3) is 2.39. The van der Waals surface area contributed by atoms with E-state index in [9.17, 15) is 14.4 Å². The summed E-state index contributed by atoms with van der Waals surface area (Å²) in [7, 11) is 7.72. The Morgan fingerprint density at radius 1 is 1.45 bits per heavy atom. The number of urea groups is 1. The van der Waals surface area contributed by atoms with E-state index in [4.69, 9.17) is 12.4 Å². The van der Waals surface area contributed by atoms with Crippen molar-refractivity contribution in [3.63, 3.8) is 0 Å². The molecule has 0 atom stereocenters. The lowest BCUT2D eigenvalue weighted by atomic mass is 10.3. The van der Waals surface area contributed by atoms with Gasteiger partial charge in [0, 0.05) is 13.1 Å². The van der Waals surface area contributed by atoms with Gasteiger partial charge in [-0.05, 0) is 6.07 Å². The van der Waals surface area contributed by atoms with E-state index in [0.29, 0.717) is 9.70 Å². The van der Waals surface area contributed by atoms with Crippen molar-refractivity contribution in [2.24, 2.45) is 0 Å². The molecule has 2 aromatic rings. The number of hydrogen-bond acceptors (Lipinski definition) is 6. The summed E-state index contributed by atoms with van der Waals surface area (Å²) in [5, 5.41) is 2.49. The summed E-state index contributed by atoms with van der Waals surface area (Å²) in [6.45, 7) is 0. The third-order valence-electron chi connectivity index (χ3n) is 2.57. The number of fused-ring (bicyclic) bond motifs is 1. The zero-order valence-corrected chi connectivity index (χ0v) is 11.4. The van der Waals surface area contributed by atoms with E-state index in [1.54, 1.807) is 0 Å². The molecule has 0 bridgehead atoms. The molecule has 9 heteroatoms. The molecular formula is C11H9BN2O5S. The highest BCUT2D eigenvalue weighted by atomic mass is 32.1. The van der Waals surface area contributed by atoms with Gasteiger partial charge in [-0.1, -0.05) is 0 Å². The second kappa shape index (κ2) is 5.37. The van der Waals surface area contributed by atoms with Crippen molar-refractivity contribution in [1.82, 2.24) is 5.23 Å². The van der Waals surface area contributed by atoms with Gasteiger partial charge >= 0.3 is 17.6 Å². The van der Waals surface area contributed by atoms with Crippen molar-refractivity contribution in [3.05, 3.63) is 28.1 Å². The summed E-state index contributed by atoms with van der Waals surface area (Å²) in [5.74, 6) is -0.774. The van der Waals surface area contributed by atoms with Gasteiger partial charge in [-0.15, -0.1) is 11.3 Å². The van der Waals surface area contributed by atoms with Crippen LogP contribution in [-0.2, 0) is 4.74 Å². The van der Waals surface area contributed by atoms with E-state index in [0.717, 1.165) is 0 Å². The topological polar surface area (TPSA) is 88.9 Å². The Hall–Kier alpha value is -2.29. The maximum atomic E-state index is 11.6. The van der Waals surface area contributed by atoms with E-state index in [1.807, 2.05) is 5.23 Å². The number of anilines is 1. The molecule has 0 unspecified atom stereocenters. The number of esters is 1. The number of methoxy groups -OCH3 is 1. The van der Waals surface area contributed by atoms with Crippen LogP contribution in [-0.4, -0.2) is 34.1 Å². The van der Waals surface area contributed by atoms with Gasteiger partial charge in [0.1, 0.15) is 10.6 Å². The maximum absolute atomic E-state index is 11.6. The lowest BCUT2D eigenvalue weighted by Gasteiger charge is -2.13. The number of carbonyl (C=O) groups is 2. The van der Waals surface area contributed by atoms with E-state index >= 15 is 0 Å². The van der Waals surface area contributed by atoms with Crippen LogP contribution in [0.25, 0.3) is 10.3 Å². The fourth-order valence-corrected chi connectivity index (χ4v) is 2.50. The van der Waals surface area contributed by atoms with Crippen LogP contribution < -0.4 is 15.8 Å². The maximum Gasteiger partial charge on any atom is 0.351 e. The minimum absolute atomic E-state index is 0.195. The largest absolute Gasteiger partial charge is 0.465 e. The first-order valence-electron chi connectivity index (χ1n) is 5.38. The predicted molar refractivity (Wildman–Crippen MR) is 74.4 cm³/mol. The molecule has 2 heterocycles. The van der Waals surface area contributed by atoms with Gasteiger partial charge in [0.25, 0.3) is 0 Å². The first-order valence-corrected chi connectivity index (χ1v) is 6.20. The molecular weight excluding hydrogens is 283 g/mol. The minimum atomic E-state index is -0.792. The Labute approximate surface area is 118 Å². The third-order valence-corrected chi connectivity index (χ3v) is 3.71. The Morgan fingerprint density at radius 3 is 2.75 bits per heavy atom. The summed E-state index contributed by atoms with van der Waals surface area (Å²) in [6.07, 6.45) is 0. The van der Waals surface area contributed by atoms with Crippen LogP contribution >= 0.6 is 11.3 Å². The van der Waals surface area contributed by atoms with Gasteiger partial charge in [0.15, 0.2) is 5.58 Å². The first kappa shape index (κ1) is 14.1. The Morgan fingerprint density at radius 2 is 2.15 bits per heavy atom. The number of nitrogens with zero attached hydrogens (tertiary/aromatic N) is 1. The van der Waals surface area contributed by atoms with E-state index in [-0.39, 0.29) is 11.1 Å². The number of carbonyl (C=O) groups excluding carboxylic acids is 2. The first-order chi connectivity index (χ1) is 9.47. The van der Waals surface area contributed by atoms with Crippen LogP contribution in [0.4, 0.5) is 9.80 Å². The SMILES string of the molecule is [B]NC(=O)N(C)c1cc2oc(=O)c(C(=O)OC)cc2s1. The van der Waals surface area contributed by atoms with Gasteiger partial charge in [-0.25, -0.2) is 14.4 Å². The number of hydrogen-bond donors (Lipinski definition) is 1. The van der Waals surface area contributed by atoms with Crippen molar-refractivity contribution in [3.8, 4) is 0 Å². The van der Waals surface area contributed by atoms with Crippen molar-refractivity contribution >= 4 is 46.6 Å². The lowest BCUT2D eigenvalue weighted by molar-refractivity contribution is 0.0596. The molecule has 2 radical (unpaired) electrons. The van der Waals surface area contributed by atoms with E-state index in [2.05, 4.69) is 4.74 Å². The number of rotatable bonds is 2.